The lowest BCUT2D eigenvalue weighted by molar-refractivity contribution is -0.145. The van der Waals surface area contributed by atoms with Crippen LogP contribution in [-0.4, -0.2) is 26.3 Å². The molecule has 0 spiro atoms. The molecule has 0 aliphatic heterocycles. The molecule has 5 nitrogen and oxygen atoms in total. The highest BCUT2D eigenvalue weighted by molar-refractivity contribution is 9.10. The van der Waals surface area contributed by atoms with Crippen LogP contribution in [0.2, 0.25) is 0 Å². The maximum Gasteiger partial charge on any atom is 0.344 e. The van der Waals surface area contributed by atoms with E-state index in [1.165, 1.54) is 13.2 Å². The van der Waals surface area contributed by atoms with Gasteiger partial charge in [-0.1, -0.05) is 0 Å². The van der Waals surface area contributed by atoms with Gasteiger partial charge in [0.15, 0.2) is 18.1 Å². The molecule has 0 heterocycles. The Kier molecular flexibility index (Phi) is 5.46. The van der Waals surface area contributed by atoms with E-state index < -0.39 is 5.97 Å². The summed E-state index contributed by atoms with van der Waals surface area (Å²) in [6.45, 7) is 1.82. The summed E-state index contributed by atoms with van der Waals surface area (Å²) in [5.41, 5.74) is 0.426. The molecule has 1 aromatic carbocycles. The van der Waals surface area contributed by atoms with Gasteiger partial charge < -0.3 is 14.2 Å². The van der Waals surface area contributed by atoms with E-state index in [0.717, 1.165) is 0 Å². The SMILES string of the molecule is CCOC(=O)COc1cc(Br)c(C#N)cc1OC. The van der Waals surface area contributed by atoms with E-state index >= 15 is 0 Å². The van der Waals surface area contributed by atoms with Crippen LogP contribution in [-0.2, 0) is 9.53 Å². The summed E-state index contributed by atoms with van der Waals surface area (Å²) in [5, 5.41) is 8.87. The number of hydrogen-bond donors (Lipinski definition) is 0. The van der Waals surface area contributed by atoms with Gasteiger partial charge in [0, 0.05) is 10.5 Å². The second kappa shape index (κ2) is 6.87. The Morgan fingerprint density at radius 2 is 2.17 bits per heavy atom. The number of methoxy groups -OCH3 is 1. The second-order valence-corrected chi connectivity index (χ2v) is 4.04. The van der Waals surface area contributed by atoms with Crippen LogP contribution < -0.4 is 9.47 Å². The van der Waals surface area contributed by atoms with Gasteiger partial charge >= 0.3 is 5.97 Å². The first-order chi connectivity index (χ1) is 8.62. The summed E-state index contributed by atoms with van der Waals surface area (Å²) in [6, 6.07) is 5.12. The standard InChI is InChI=1S/C12H12BrNO4/c1-3-17-12(15)7-18-11-5-9(13)8(6-14)4-10(11)16-2/h4-5H,3,7H2,1-2H3. The highest BCUT2D eigenvalue weighted by Crippen LogP contribution is 2.33. The first kappa shape index (κ1) is 14.3. The zero-order chi connectivity index (χ0) is 13.5. The third-order valence-corrected chi connectivity index (χ3v) is 2.68. The van der Waals surface area contributed by atoms with Crippen molar-refractivity contribution in [2.24, 2.45) is 0 Å². The molecule has 0 unspecified atom stereocenters. The van der Waals surface area contributed by atoms with Crippen LogP contribution in [0.4, 0.5) is 0 Å². The van der Waals surface area contributed by atoms with Crippen molar-refractivity contribution < 1.29 is 19.0 Å². The zero-order valence-corrected chi connectivity index (χ0v) is 11.6. The summed E-state index contributed by atoms with van der Waals surface area (Å²) >= 11 is 3.23. The average Bonchev–Trinajstić information content (AvgIpc) is 2.36. The molecule has 0 saturated carbocycles. The van der Waals surface area contributed by atoms with Crippen LogP contribution in [0.25, 0.3) is 0 Å². The topological polar surface area (TPSA) is 68.5 Å². The molecule has 18 heavy (non-hydrogen) atoms. The molecule has 0 aliphatic rings. The van der Waals surface area contributed by atoms with Crippen molar-refractivity contribution in [2.45, 2.75) is 6.92 Å². The predicted octanol–water partition coefficient (Wildman–Crippen LogP) is 2.27. The second-order valence-electron chi connectivity index (χ2n) is 3.19. The van der Waals surface area contributed by atoms with Crippen molar-refractivity contribution in [3.8, 4) is 17.6 Å². The van der Waals surface area contributed by atoms with Crippen molar-refractivity contribution >= 4 is 21.9 Å². The Morgan fingerprint density at radius 1 is 1.44 bits per heavy atom. The van der Waals surface area contributed by atoms with E-state index in [1.807, 2.05) is 6.07 Å². The number of carbonyl (C=O) groups is 1. The fourth-order valence-electron chi connectivity index (χ4n) is 1.23. The number of nitrogens with zero attached hydrogens (tertiary/aromatic N) is 1. The van der Waals surface area contributed by atoms with E-state index in [4.69, 9.17) is 19.5 Å². The summed E-state index contributed by atoms with van der Waals surface area (Å²) in [6.07, 6.45) is 0. The highest BCUT2D eigenvalue weighted by Gasteiger charge is 2.12. The van der Waals surface area contributed by atoms with Crippen LogP contribution in [0.3, 0.4) is 0 Å². The first-order valence-electron chi connectivity index (χ1n) is 5.18. The molecule has 0 aliphatic carbocycles. The lowest BCUT2D eigenvalue weighted by Crippen LogP contribution is -2.15. The third kappa shape index (κ3) is 3.64. The molecule has 0 radical (unpaired) electrons. The number of benzene rings is 1. The minimum Gasteiger partial charge on any atom is -0.493 e. The molecule has 0 aromatic heterocycles. The van der Waals surface area contributed by atoms with Crippen LogP contribution in [0.15, 0.2) is 16.6 Å². The van der Waals surface area contributed by atoms with E-state index in [2.05, 4.69) is 15.9 Å². The number of ether oxygens (including phenoxy) is 3. The van der Waals surface area contributed by atoms with Crippen molar-refractivity contribution in [1.29, 1.82) is 5.26 Å². The average molecular weight is 314 g/mol. The lowest BCUT2D eigenvalue weighted by atomic mass is 10.2. The van der Waals surface area contributed by atoms with Crippen LogP contribution >= 0.6 is 15.9 Å². The van der Waals surface area contributed by atoms with E-state index in [9.17, 15) is 4.79 Å². The van der Waals surface area contributed by atoms with Gasteiger partial charge in [-0.15, -0.1) is 0 Å². The summed E-state index contributed by atoms with van der Waals surface area (Å²) in [5.74, 6) is 0.301. The minimum atomic E-state index is -0.458. The van der Waals surface area contributed by atoms with Gasteiger partial charge in [-0.05, 0) is 28.9 Å². The summed E-state index contributed by atoms with van der Waals surface area (Å²) in [7, 11) is 1.46. The number of carbonyl (C=O) groups excluding carboxylic acids is 1. The summed E-state index contributed by atoms with van der Waals surface area (Å²) in [4.78, 5) is 11.2. The van der Waals surface area contributed by atoms with Crippen molar-refractivity contribution in [1.82, 2.24) is 0 Å². The molecule has 0 N–H and O–H groups in total. The van der Waals surface area contributed by atoms with Gasteiger partial charge in [-0.2, -0.15) is 5.26 Å². The van der Waals surface area contributed by atoms with Gasteiger partial charge in [-0.25, -0.2) is 4.79 Å². The van der Waals surface area contributed by atoms with Gasteiger partial charge in [-0.3, -0.25) is 0 Å². The Balaban J connectivity index is 2.85. The smallest absolute Gasteiger partial charge is 0.344 e. The van der Waals surface area contributed by atoms with Crippen molar-refractivity contribution in [3.63, 3.8) is 0 Å². The molecule has 0 amide bonds. The Bertz CT molecular complexity index is 482. The van der Waals surface area contributed by atoms with Gasteiger partial charge in [0.1, 0.15) is 6.07 Å². The highest BCUT2D eigenvalue weighted by atomic mass is 79.9. The fraction of sp³-hybridized carbons (Fsp3) is 0.333. The first-order valence-corrected chi connectivity index (χ1v) is 5.97. The molecular formula is C12H12BrNO4. The van der Waals surface area contributed by atoms with E-state index in [1.54, 1.807) is 13.0 Å². The molecule has 0 atom stereocenters. The molecule has 0 bridgehead atoms. The Hall–Kier alpha value is -1.74. The number of nitriles is 1. The molecule has 1 aromatic rings. The van der Waals surface area contributed by atoms with Crippen LogP contribution in [0, 0.1) is 11.3 Å². The Morgan fingerprint density at radius 3 is 2.72 bits per heavy atom. The molecule has 0 fully saturated rings. The molecule has 1 rings (SSSR count). The molecule has 6 heteroatoms. The number of rotatable bonds is 5. The number of hydrogen-bond acceptors (Lipinski definition) is 5. The number of esters is 1. The van der Waals surface area contributed by atoms with Gasteiger partial charge in [0.2, 0.25) is 0 Å². The van der Waals surface area contributed by atoms with Crippen LogP contribution in [0.1, 0.15) is 12.5 Å². The van der Waals surface area contributed by atoms with Crippen molar-refractivity contribution in [3.05, 3.63) is 22.2 Å². The number of halogens is 1. The van der Waals surface area contributed by atoms with E-state index in [-0.39, 0.29) is 6.61 Å². The zero-order valence-electron chi connectivity index (χ0n) is 10.0. The largest absolute Gasteiger partial charge is 0.493 e. The summed E-state index contributed by atoms with van der Waals surface area (Å²) < 4.78 is 15.7. The normalized spacial score (nSPS) is 9.44. The molecule has 0 saturated heterocycles. The van der Waals surface area contributed by atoms with Crippen LogP contribution in [0.5, 0.6) is 11.5 Å². The van der Waals surface area contributed by atoms with E-state index in [0.29, 0.717) is 28.1 Å². The lowest BCUT2D eigenvalue weighted by Gasteiger charge is -2.11. The maximum atomic E-state index is 11.2. The third-order valence-electron chi connectivity index (χ3n) is 2.02. The maximum absolute atomic E-state index is 11.2. The molecular weight excluding hydrogens is 302 g/mol. The van der Waals surface area contributed by atoms with Gasteiger partial charge in [0.25, 0.3) is 0 Å². The quantitative estimate of drug-likeness (QED) is 0.780. The monoisotopic (exact) mass is 313 g/mol. The predicted molar refractivity (Wildman–Crippen MR) is 67.5 cm³/mol. The van der Waals surface area contributed by atoms with Crippen molar-refractivity contribution in [2.75, 3.05) is 20.3 Å². The minimum absolute atomic E-state index is 0.206. The molecule has 96 valence electrons. The van der Waals surface area contributed by atoms with Gasteiger partial charge in [0.05, 0.1) is 19.3 Å². The fourth-order valence-corrected chi connectivity index (χ4v) is 1.64. The Labute approximate surface area is 113 Å².